The van der Waals surface area contributed by atoms with E-state index in [1.54, 1.807) is 13.8 Å². The summed E-state index contributed by atoms with van der Waals surface area (Å²) in [5.74, 6) is 0.458. The molecule has 0 bridgehead atoms. The van der Waals surface area contributed by atoms with Gasteiger partial charge in [0.05, 0.1) is 33.6 Å². The van der Waals surface area contributed by atoms with E-state index in [0.29, 0.717) is 146 Å². The van der Waals surface area contributed by atoms with E-state index in [2.05, 4.69) is 252 Å². The van der Waals surface area contributed by atoms with E-state index in [9.17, 15) is 9.59 Å². The topological polar surface area (TPSA) is 170 Å². The van der Waals surface area contributed by atoms with Gasteiger partial charge in [0.2, 0.25) is 0 Å². The molecule has 2 heterocycles. The van der Waals surface area contributed by atoms with Crippen molar-refractivity contribution in [3.8, 4) is 46.0 Å². The van der Waals surface area contributed by atoms with E-state index in [1.165, 1.54) is 9.80 Å². The van der Waals surface area contributed by atoms with Crippen molar-refractivity contribution in [2.75, 3.05) is 20.4 Å². The van der Waals surface area contributed by atoms with Crippen molar-refractivity contribution < 1.29 is 47.7 Å². The van der Waals surface area contributed by atoms with Crippen LogP contribution >= 0.6 is 0 Å². The van der Waals surface area contributed by atoms with Crippen molar-refractivity contribution in [3.05, 3.63) is 334 Å². The van der Waals surface area contributed by atoms with Gasteiger partial charge in [0.25, 0.3) is 35.4 Å². The van der Waals surface area contributed by atoms with Gasteiger partial charge in [-0.2, -0.15) is 0 Å². The second-order valence-corrected chi connectivity index (χ2v) is 46.0. The van der Waals surface area contributed by atoms with Crippen LogP contribution in [0.25, 0.3) is 151 Å². The maximum atomic E-state index is 16.6. The number of rotatable bonds is 18. The van der Waals surface area contributed by atoms with Gasteiger partial charge in [-0.3, -0.25) is 28.8 Å². The first-order chi connectivity index (χ1) is 69.3. The van der Waals surface area contributed by atoms with Crippen LogP contribution in [0.5, 0.6) is 46.0 Å². The van der Waals surface area contributed by atoms with Crippen molar-refractivity contribution in [2.45, 2.75) is 198 Å². The second-order valence-electron chi connectivity index (χ2n) is 46.0. The molecular formula is C132H116N4O10. The maximum absolute atomic E-state index is 16.6. The van der Waals surface area contributed by atoms with Gasteiger partial charge in [0.15, 0.2) is 0 Å². The predicted molar refractivity (Wildman–Crippen MR) is 604 cm³/mol. The van der Waals surface area contributed by atoms with Gasteiger partial charge >= 0.3 is 0 Å². The van der Waals surface area contributed by atoms with E-state index in [4.69, 9.17) is 18.9 Å². The minimum absolute atomic E-state index is 0.160. The van der Waals surface area contributed by atoms with Gasteiger partial charge in [-0.15, -0.1) is 0 Å². The Morgan fingerprint density at radius 2 is 0.459 bits per heavy atom. The second kappa shape index (κ2) is 33.3. The molecule has 0 aromatic heterocycles. The zero-order valence-electron chi connectivity index (χ0n) is 86.8. The third kappa shape index (κ3) is 14.7. The summed E-state index contributed by atoms with van der Waals surface area (Å²) in [6, 6.07) is 83.7. The number of fused-ring (bicyclic) bond motifs is 12. The summed E-state index contributed by atoms with van der Waals surface area (Å²) < 4.78 is 29.6. The highest BCUT2D eigenvalue weighted by molar-refractivity contribution is 6.50. The number of carbonyl (C=O) groups is 6. The third-order valence-corrected chi connectivity index (χ3v) is 30.6. The van der Waals surface area contributed by atoms with Gasteiger partial charge in [-0.1, -0.05) is 273 Å². The smallest absolute Gasteiger partial charge is 0.266 e. The first kappa shape index (κ1) is 93.6. The Labute approximate surface area is 849 Å². The normalized spacial score (nSPS) is 13.5. The van der Waals surface area contributed by atoms with Crippen LogP contribution < -0.4 is 39.4 Å². The minimum atomic E-state index is -0.506. The summed E-state index contributed by atoms with van der Waals surface area (Å²) in [5.41, 5.74) is 10.6. The van der Waals surface area contributed by atoms with Crippen molar-refractivity contribution in [1.82, 2.24) is 0 Å². The lowest BCUT2D eigenvalue weighted by molar-refractivity contribution is -0.113. The molecule has 21 aromatic carbocycles. The molecule has 6 amide bonds. The summed E-state index contributed by atoms with van der Waals surface area (Å²) in [7, 11) is 0. The summed E-state index contributed by atoms with van der Waals surface area (Å²) in [6.45, 7) is 53.6. The van der Waals surface area contributed by atoms with Gasteiger partial charge in [-0.25, -0.2) is 9.80 Å². The number of anilines is 4. The molecule has 2 aliphatic rings. The number of hydrogen-bond acceptors (Lipinski definition) is 10. The van der Waals surface area contributed by atoms with E-state index < -0.39 is 23.6 Å². The molecule has 2 aliphatic heterocycles. The van der Waals surface area contributed by atoms with E-state index in [0.717, 1.165) is 152 Å². The largest absolute Gasteiger partial charge is 0.457 e. The molecule has 724 valence electrons. The Bertz CT molecular complexity index is 8350. The Hall–Kier alpha value is -16.1. The molecule has 2 N–H and O–H groups in total. The maximum Gasteiger partial charge on any atom is 0.266 e. The van der Waals surface area contributed by atoms with Gasteiger partial charge in [-0.05, 0) is 333 Å². The van der Waals surface area contributed by atoms with Crippen LogP contribution in [0.3, 0.4) is 0 Å². The Morgan fingerprint density at radius 3 is 0.658 bits per heavy atom. The number of nitrogens with zero attached hydrogens (tertiary/aromatic N) is 2. The Kier molecular flexibility index (Phi) is 21.3. The zero-order valence-corrected chi connectivity index (χ0v) is 86.8. The first-order valence-corrected chi connectivity index (χ1v) is 50.9. The number of imide groups is 2. The van der Waals surface area contributed by atoms with Crippen LogP contribution in [-0.2, 0) is 31.2 Å². The van der Waals surface area contributed by atoms with E-state index in [-0.39, 0.29) is 57.1 Å². The molecule has 0 atom stereocenters. The number of amides is 6. The highest BCUT2D eigenvalue weighted by atomic mass is 16.5. The van der Waals surface area contributed by atoms with Crippen LogP contribution in [0.1, 0.15) is 262 Å². The van der Waals surface area contributed by atoms with Crippen molar-refractivity contribution in [3.63, 3.8) is 0 Å². The monoisotopic (exact) mass is 1920 g/mol. The molecule has 0 saturated carbocycles. The summed E-state index contributed by atoms with van der Waals surface area (Å²) in [5, 5.41) is 31.6. The molecule has 0 fully saturated rings. The van der Waals surface area contributed by atoms with E-state index >= 15 is 19.2 Å². The highest BCUT2D eigenvalue weighted by Crippen LogP contribution is 2.60. The average Bonchev–Trinajstić information content (AvgIpc) is 1.24. The molecule has 14 heteroatoms. The lowest BCUT2D eigenvalue weighted by atomic mass is 9.82. The fraction of sp³-hybridized carbons (Fsp3) is 0.227. The van der Waals surface area contributed by atoms with Crippen molar-refractivity contribution in [2.24, 2.45) is 0 Å². The number of ether oxygens (including phenoxy) is 4. The average molecular weight is 1920 g/mol. The fourth-order valence-electron chi connectivity index (χ4n) is 23.0. The number of benzene rings is 18. The zero-order chi connectivity index (χ0) is 103. The summed E-state index contributed by atoms with van der Waals surface area (Å²) in [6.07, 6.45) is 0. The summed E-state index contributed by atoms with van der Waals surface area (Å²) >= 11 is 0. The molecule has 14 nitrogen and oxygen atoms in total. The fourth-order valence-corrected chi connectivity index (χ4v) is 23.0. The van der Waals surface area contributed by atoms with Gasteiger partial charge in [0, 0.05) is 65.6 Å². The van der Waals surface area contributed by atoms with Crippen LogP contribution in [0, 0.1) is 0 Å². The van der Waals surface area contributed by atoms with Crippen molar-refractivity contribution >= 4 is 209 Å². The van der Waals surface area contributed by atoms with E-state index in [1.807, 2.05) is 152 Å². The van der Waals surface area contributed by atoms with Gasteiger partial charge < -0.3 is 29.6 Å². The molecular weight excluding hydrogens is 1800 g/mol. The molecule has 23 rings (SSSR count). The quantitative estimate of drug-likeness (QED) is 0.0365. The molecule has 0 radical (unpaired) electrons. The Morgan fingerprint density at radius 1 is 0.253 bits per heavy atom. The molecule has 0 aliphatic carbocycles. The number of carbonyl (C=O) groups excluding carboxylic acids is 6. The molecule has 0 unspecified atom stereocenters. The van der Waals surface area contributed by atoms with Crippen molar-refractivity contribution in [1.29, 1.82) is 0 Å². The number of nitrogens with one attached hydrogen (secondary N) is 2. The standard InChI is InChI=1S/C132H116N4O10/c1-65(2)93-57-79(133-123(137)69(9)10)58-94(66(3)4)121(93)135-125(139)101-61-105(143-81-37-29-75(30-38-81)129(13,14)15)115-89-49-45-85-97-53-71-25-27-73-55-99-87-47-51-91-112-92(52-48-88(110(87)112)100(99)56-74(73)28-26-72(71)54-98(97)86-46-50-90(111(89)109(85)86)116-106(62-102(126(135)140)113(101)119(115)116)144-82-39-31-76(32-40-82)130(16,17)18)118-108(146-84-43-35-78(36-44-84)132(22,23)24)64-104-114-103(63-107(117(91)120(114)118)145-83-41-33-77(34-42-83)131(19,20)21)127(141)136(128(104)142)122-95(67(5)6)59-80(60-96(122)68(7)8)134-124(138)70(11)12/h25-68H,9,11H2,1-8,10,12-24H3,(H,133,137)(H,134,138). The lowest BCUT2D eigenvalue weighted by Crippen LogP contribution is -2.42. The van der Waals surface area contributed by atoms with Crippen LogP contribution in [-0.4, -0.2) is 35.4 Å². The SMILES string of the molecule is C=C(C)C(=O)Nc1cc(C(C)C)c(N2C(=O)c3cc(Oc4ccc(C(C)(C)C)cc4)c4c5ccc6c7cc8ccc9cc%10c(cc9ccc8cc7c7ccc(c8c(Oc9ccc(C(C)(C)C)cc9)cc(c3c48)C2=O)c5c67)c2ccc3c4c(Oc5ccc(C(C)(C)C)cc5)cc5c6c(cc(Oc7ccc(C(C)(C)C)cc7)c(c7ccc%10c2c73)c64)C(=O)N(c2c(C(C)C)cc(NC(=O)C(=C)C)cc2C(C)C)C5=O)c(C(C)C)c1. The van der Waals surface area contributed by atoms with Gasteiger partial charge in [0.1, 0.15) is 46.0 Å². The minimum Gasteiger partial charge on any atom is -0.457 e. The van der Waals surface area contributed by atoms with Crippen LogP contribution in [0.15, 0.2) is 267 Å². The molecule has 146 heavy (non-hydrogen) atoms. The van der Waals surface area contributed by atoms with Crippen LogP contribution in [0.4, 0.5) is 22.7 Å². The predicted octanol–water partition coefficient (Wildman–Crippen LogP) is 35.6. The third-order valence-electron chi connectivity index (χ3n) is 30.6. The summed E-state index contributed by atoms with van der Waals surface area (Å²) in [4.78, 5) is 95.7. The first-order valence-electron chi connectivity index (χ1n) is 50.9. The lowest BCUT2D eigenvalue weighted by Gasteiger charge is -2.34. The molecule has 0 spiro atoms. The van der Waals surface area contributed by atoms with Crippen LogP contribution in [0.2, 0.25) is 0 Å². The molecule has 0 saturated heterocycles. The molecule has 21 aromatic rings. The number of hydrogen-bond donors (Lipinski definition) is 2. The Balaban J connectivity index is 0.725. The highest BCUT2D eigenvalue weighted by Gasteiger charge is 2.45.